The fourth-order valence-electron chi connectivity index (χ4n) is 1.77. The normalized spacial score (nSPS) is 11.7. The second kappa shape index (κ2) is 7.70. The van der Waals surface area contributed by atoms with E-state index < -0.39 is 16.9 Å². The van der Waals surface area contributed by atoms with Crippen molar-refractivity contribution >= 4 is 52.1 Å². The Kier molecular flexibility index (Phi) is 5.88. The lowest BCUT2D eigenvalue weighted by molar-refractivity contribution is -0.384. The van der Waals surface area contributed by atoms with Gasteiger partial charge in [0.25, 0.3) is 11.6 Å². The lowest BCUT2D eigenvalue weighted by Crippen LogP contribution is -2.30. The van der Waals surface area contributed by atoms with Crippen molar-refractivity contribution < 1.29 is 14.5 Å². The molecule has 0 aliphatic rings. The molecule has 0 unspecified atom stereocenters. The maximum absolute atomic E-state index is 12.2. The molecule has 0 aromatic heterocycles. The highest BCUT2D eigenvalue weighted by Gasteiger charge is 2.19. The van der Waals surface area contributed by atoms with Gasteiger partial charge in [-0.25, -0.2) is 0 Å². The summed E-state index contributed by atoms with van der Waals surface area (Å²) in [6.07, 6.45) is -0.907. The number of anilines is 1. The lowest BCUT2D eigenvalue weighted by Gasteiger charge is -2.16. The number of nitro groups is 1. The number of non-ortho nitro benzene ring substituents is 1. The van der Waals surface area contributed by atoms with Crippen LogP contribution in [0.15, 0.2) is 36.4 Å². The number of amides is 1. The van der Waals surface area contributed by atoms with Crippen LogP contribution in [0.4, 0.5) is 11.4 Å². The molecular weight excluding hydrogens is 379 g/mol. The first-order valence-electron chi connectivity index (χ1n) is 6.64. The van der Waals surface area contributed by atoms with Gasteiger partial charge in [-0.1, -0.05) is 34.8 Å². The third-order valence-corrected chi connectivity index (χ3v) is 3.83. The molecule has 1 N–H and O–H groups in total. The van der Waals surface area contributed by atoms with E-state index in [0.717, 1.165) is 6.07 Å². The molecule has 0 aliphatic carbocycles. The average Bonchev–Trinajstić information content (AvgIpc) is 2.51. The summed E-state index contributed by atoms with van der Waals surface area (Å²) in [7, 11) is 0. The standard InChI is InChI=1S/C15H11Cl3N2O4/c1-8(15(21)19-13-4-2-9(16)6-11(13)17)24-14-5-3-10(20(22)23)7-12(14)18/h2-8H,1H3,(H,19,21)/t8-/m1/s1. The number of nitrogens with zero attached hydrogens (tertiary/aromatic N) is 1. The van der Waals surface area contributed by atoms with Crippen LogP contribution in [0.3, 0.4) is 0 Å². The number of hydrogen-bond acceptors (Lipinski definition) is 4. The van der Waals surface area contributed by atoms with Gasteiger partial charge < -0.3 is 10.1 Å². The predicted octanol–water partition coefficient (Wildman–Crippen LogP) is 4.96. The van der Waals surface area contributed by atoms with E-state index in [-0.39, 0.29) is 21.5 Å². The van der Waals surface area contributed by atoms with Crippen LogP contribution in [-0.4, -0.2) is 16.9 Å². The first-order chi connectivity index (χ1) is 11.3. The van der Waals surface area contributed by atoms with Crippen molar-refractivity contribution in [1.29, 1.82) is 0 Å². The summed E-state index contributed by atoms with van der Waals surface area (Å²) in [5, 5.41) is 14.0. The van der Waals surface area contributed by atoms with Crippen molar-refractivity contribution in [3.05, 3.63) is 61.6 Å². The fourth-order valence-corrected chi connectivity index (χ4v) is 2.44. The van der Waals surface area contributed by atoms with Crippen molar-refractivity contribution in [2.45, 2.75) is 13.0 Å². The molecule has 2 aromatic rings. The number of nitro benzene ring substituents is 1. The van der Waals surface area contributed by atoms with Crippen LogP contribution in [0, 0.1) is 10.1 Å². The molecule has 9 heteroatoms. The van der Waals surface area contributed by atoms with Crippen LogP contribution in [0.25, 0.3) is 0 Å². The Hall–Kier alpha value is -2.02. The molecule has 0 fully saturated rings. The molecule has 0 saturated heterocycles. The minimum atomic E-state index is -0.907. The Labute approximate surface area is 152 Å². The zero-order valence-corrected chi connectivity index (χ0v) is 14.5. The van der Waals surface area contributed by atoms with Gasteiger partial charge in [0.1, 0.15) is 5.75 Å². The Morgan fingerprint density at radius 1 is 1.17 bits per heavy atom. The topological polar surface area (TPSA) is 81.5 Å². The van der Waals surface area contributed by atoms with Crippen molar-refractivity contribution in [2.24, 2.45) is 0 Å². The number of carbonyl (C=O) groups excluding carboxylic acids is 1. The van der Waals surface area contributed by atoms with E-state index in [9.17, 15) is 14.9 Å². The molecule has 1 amide bonds. The van der Waals surface area contributed by atoms with E-state index >= 15 is 0 Å². The minimum absolute atomic E-state index is 0.0355. The van der Waals surface area contributed by atoms with Crippen molar-refractivity contribution in [1.82, 2.24) is 0 Å². The van der Waals surface area contributed by atoms with Gasteiger partial charge in [0.15, 0.2) is 6.10 Å². The largest absolute Gasteiger partial charge is 0.479 e. The zero-order valence-electron chi connectivity index (χ0n) is 12.3. The Bertz CT molecular complexity index is 798. The molecular formula is C15H11Cl3N2O4. The molecule has 0 saturated carbocycles. The zero-order chi connectivity index (χ0) is 17.9. The molecule has 1 atom stereocenters. The number of carbonyl (C=O) groups is 1. The fraction of sp³-hybridized carbons (Fsp3) is 0.133. The number of benzene rings is 2. The summed E-state index contributed by atoms with van der Waals surface area (Å²) in [5.41, 5.74) is 0.216. The number of rotatable bonds is 5. The Morgan fingerprint density at radius 2 is 1.88 bits per heavy atom. The number of ether oxygens (including phenoxy) is 1. The second-order valence-electron chi connectivity index (χ2n) is 4.75. The van der Waals surface area contributed by atoms with Crippen LogP contribution in [0.2, 0.25) is 15.1 Å². The molecule has 2 aromatic carbocycles. The lowest BCUT2D eigenvalue weighted by atomic mass is 10.2. The molecule has 0 aliphatic heterocycles. The molecule has 6 nitrogen and oxygen atoms in total. The summed E-state index contributed by atoms with van der Waals surface area (Å²) in [5.74, 6) is -0.305. The van der Waals surface area contributed by atoms with Crippen LogP contribution in [0.5, 0.6) is 5.75 Å². The van der Waals surface area contributed by atoms with Crippen LogP contribution >= 0.6 is 34.8 Å². The average molecular weight is 390 g/mol. The van der Waals surface area contributed by atoms with Crippen molar-refractivity contribution in [2.75, 3.05) is 5.32 Å². The monoisotopic (exact) mass is 388 g/mol. The molecule has 0 heterocycles. The summed E-state index contributed by atoms with van der Waals surface area (Å²) in [4.78, 5) is 22.3. The smallest absolute Gasteiger partial charge is 0.271 e. The highest BCUT2D eigenvalue weighted by molar-refractivity contribution is 6.36. The van der Waals surface area contributed by atoms with Crippen molar-refractivity contribution in [3.63, 3.8) is 0 Å². The molecule has 126 valence electrons. The van der Waals surface area contributed by atoms with Gasteiger partial charge in [-0.05, 0) is 31.2 Å². The first kappa shape index (κ1) is 18.3. The predicted molar refractivity (Wildman–Crippen MR) is 93.3 cm³/mol. The van der Waals surface area contributed by atoms with Gasteiger partial charge in [-0.3, -0.25) is 14.9 Å². The number of hydrogen-bond donors (Lipinski definition) is 1. The number of nitrogens with one attached hydrogen (secondary N) is 1. The van der Waals surface area contributed by atoms with Gasteiger partial charge >= 0.3 is 0 Å². The van der Waals surface area contributed by atoms with Gasteiger partial charge in [0, 0.05) is 17.2 Å². The van der Waals surface area contributed by atoms with Gasteiger partial charge in [-0.15, -0.1) is 0 Å². The van der Waals surface area contributed by atoms with Gasteiger partial charge in [0.2, 0.25) is 0 Å². The van der Waals surface area contributed by atoms with Crippen molar-refractivity contribution in [3.8, 4) is 5.75 Å². The van der Waals surface area contributed by atoms with E-state index in [1.807, 2.05) is 0 Å². The van der Waals surface area contributed by atoms with Crippen LogP contribution < -0.4 is 10.1 Å². The number of halogens is 3. The molecule has 24 heavy (non-hydrogen) atoms. The molecule has 2 rings (SSSR count). The Morgan fingerprint density at radius 3 is 2.46 bits per heavy atom. The quantitative estimate of drug-likeness (QED) is 0.579. The highest BCUT2D eigenvalue weighted by atomic mass is 35.5. The maximum Gasteiger partial charge on any atom is 0.271 e. The van der Waals surface area contributed by atoms with Gasteiger partial charge in [-0.2, -0.15) is 0 Å². The molecule has 0 spiro atoms. The Balaban J connectivity index is 2.07. The summed E-state index contributed by atoms with van der Waals surface area (Å²) >= 11 is 17.7. The van der Waals surface area contributed by atoms with Gasteiger partial charge in [0.05, 0.1) is 20.7 Å². The van der Waals surface area contributed by atoms with E-state index in [2.05, 4.69) is 5.32 Å². The molecule has 0 radical (unpaired) electrons. The second-order valence-corrected chi connectivity index (χ2v) is 6.00. The molecule has 0 bridgehead atoms. The van der Waals surface area contributed by atoms with E-state index in [1.54, 1.807) is 12.1 Å². The summed E-state index contributed by atoms with van der Waals surface area (Å²) in [6.45, 7) is 1.51. The minimum Gasteiger partial charge on any atom is -0.479 e. The van der Waals surface area contributed by atoms with E-state index in [0.29, 0.717) is 10.7 Å². The highest BCUT2D eigenvalue weighted by Crippen LogP contribution is 2.30. The third kappa shape index (κ3) is 4.50. The maximum atomic E-state index is 12.2. The van der Waals surface area contributed by atoms with Crippen LogP contribution in [-0.2, 0) is 4.79 Å². The summed E-state index contributed by atoms with van der Waals surface area (Å²) in [6, 6.07) is 8.37. The van der Waals surface area contributed by atoms with Crippen LogP contribution in [0.1, 0.15) is 6.92 Å². The third-order valence-electron chi connectivity index (χ3n) is 2.99. The van der Waals surface area contributed by atoms with E-state index in [4.69, 9.17) is 39.5 Å². The first-order valence-corrected chi connectivity index (χ1v) is 7.78. The van der Waals surface area contributed by atoms with E-state index in [1.165, 1.54) is 25.1 Å². The summed E-state index contributed by atoms with van der Waals surface area (Å²) < 4.78 is 5.44. The SMILES string of the molecule is C[C@@H](Oc1ccc([N+](=O)[O-])cc1Cl)C(=O)Nc1ccc(Cl)cc1Cl.